The third kappa shape index (κ3) is 4.78. The van der Waals surface area contributed by atoms with Gasteiger partial charge >= 0.3 is 0 Å². The summed E-state index contributed by atoms with van der Waals surface area (Å²) in [4.78, 5) is 17.4. The first-order valence-corrected chi connectivity index (χ1v) is 12.4. The van der Waals surface area contributed by atoms with Gasteiger partial charge in [0.05, 0.1) is 6.20 Å². The van der Waals surface area contributed by atoms with Gasteiger partial charge in [0.15, 0.2) is 11.3 Å². The molecule has 5 rings (SSSR count). The summed E-state index contributed by atoms with van der Waals surface area (Å²) in [6.45, 7) is 4.19. The predicted octanol–water partition coefficient (Wildman–Crippen LogP) is 4.31. The summed E-state index contributed by atoms with van der Waals surface area (Å²) < 4.78 is 1.58. The molecule has 1 aromatic carbocycles. The van der Waals surface area contributed by atoms with Crippen molar-refractivity contribution in [1.82, 2.24) is 24.8 Å². The smallest absolute Gasteiger partial charge is 0.276 e. The van der Waals surface area contributed by atoms with Crippen LogP contribution in [0.4, 0.5) is 11.5 Å². The Morgan fingerprint density at radius 1 is 1.15 bits per heavy atom. The van der Waals surface area contributed by atoms with Crippen molar-refractivity contribution in [3.63, 3.8) is 0 Å². The van der Waals surface area contributed by atoms with Crippen molar-refractivity contribution in [3.8, 4) is 10.6 Å². The molecule has 9 nitrogen and oxygen atoms in total. The van der Waals surface area contributed by atoms with Crippen LogP contribution in [0.5, 0.6) is 0 Å². The fraction of sp³-hybridized carbons (Fsp3) is 0.375. The van der Waals surface area contributed by atoms with E-state index in [1.807, 2.05) is 36.4 Å². The number of rotatable bonds is 6. The van der Waals surface area contributed by atoms with E-state index >= 15 is 0 Å². The van der Waals surface area contributed by atoms with E-state index in [4.69, 9.17) is 5.73 Å². The minimum Gasteiger partial charge on any atom is -0.366 e. The monoisotopic (exact) mass is 476 g/mol. The van der Waals surface area contributed by atoms with Crippen LogP contribution in [-0.2, 0) is 0 Å². The number of anilines is 2. The number of aromatic nitrogens is 5. The van der Waals surface area contributed by atoms with Crippen molar-refractivity contribution in [3.05, 3.63) is 53.3 Å². The van der Waals surface area contributed by atoms with Gasteiger partial charge in [-0.25, -0.2) is 9.50 Å². The zero-order chi connectivity index (χ0) is 23.7. The van der Waals surface area contributed by atoms with Gasteiger partial charge in [0.25, 0.3) is 5.91 Å². The zero-order valence-electron chi connectivity index (χ0n) is 19.2. The molecule has 10 heteroatoms. The van der Waals surface area contributed by atoms with Gasteiger partial charge in [-0.3, -0.25) is 4.79 Å². The Balaban J connectivity index is 1.33. The Kier molecular flexibility index (Phi) is 6.25. The molecule has 1 saturated carbocycles. The molecule has 1 aliphatic rings. The lowest BCUT2D eigenvalue weighted by atomic mass is 9.92. The summed E-state index contributed by atoms with van der Waals surface area (Å²) in [6.07, 6.45) is 5.59. The van der Waals surface area contributed by atoms with Crippen molar-refractivity contribution in [2.45, 2.75) is 57.5 Å². The number of carbonyl (C=O) groups is 1. The van der Waals surface area contributed by atoms with Crippen LogP contribution in [0.15, 0.2) is 42.6 Å². The molecule has 34 heavy (non-hydrogen) atoms. The second-order valence-electron chi connectivity index (χ2n) is 9.02. The van der Waals surface area contributed by atoms with Gasteiger partial charge in [-0.2, -0.15) is 0 Å². The normalized spacial score (nSPS) is 18.4. The molecule has 1 aliphatic carbocycles. The average Bonchev–Trinajstić information content (AvgIpc) is 3.48. The lowest BCUT2D eigenvalue weighted by Gasteiger charge is -2.27. The first-order valence-electron chi connectivity index (χ1n) is 11.6. The molecule has 0 spiro atoms. The van der Waals surface area contributed by atoms with Crippen molar-refractivity contribution in [2.75, 3.05) is 10.6 Å². The number of benzene rings is 1. The fourth-order valence-electron chi connectivity index (χ4n) is 4.09. The molecular formula is C24H28N8OS. The van der Waals surface area contributed by atoms with Crippen LogP contribution in [0, 0.1) is 0 Å². The van der Waals surface area contributed by atoms with Gasteiger partial charge in [-0.05, 0) is 49.9 Å². The summed E-state index contributed by atoms with van der Waals surface area (Å²) in [5, 5.41) is 21.4. The molecule has 1 fully saturated rings. The van der Waals surface area contributed by atoms with E-state index in [1.54, 1.807) is 22.0 Å². The SMILES string of the molecule is CC(C)c1nnc(-c2cccc(NC(=O)c3cnc4ccc(NC5CCC(N)CC5)nn34)c2)s1. The van der Waals surface area contributed by atoms with Crippen molar-refractivity contribution in [1.29, 1.82) is 0 Å². The summed E-state index contributed by atoms with van der Waals surface area (Å²) in [6, 6.07) is 12.0. The molecule has 1 amide bonds. The van der Waals surface area contributed by atoms with E-state index in [0.717, 1.165) is 47.1 Å². The number of fused-ring (bicyclic) bond motifs is 1. The van der Waals surface area contributed by atoms with Crippen LogP contribution < -0.4 is 16.4 Å². The second-order valence-corrected chi connectivity index (χ2v) is 10.0. The van der Waals surface area contributed by atoms with Crippen molar-refractivity contribution >= 4 is 34.4 Å². The van der Waals surface area contributed by atoms with Gasteiger partial charge in [-0.15, -0.1) is 15.3 Å². The van der Waals surface area contributed by atoms with E-state index in [1.165, 1.54) is 0 Å². The van der Waals surface area contributed by atoms with E-state index in [2.05, 4.69) is 44.8 Å². The summed E-state index contributed by atoms with van der Waals surface area (Å²) in [5.41, 5.74) is 8.59. The molecule has 3 heterocycles. The van der Waals surface area contributed by atoms with Crippen LogP contribution in [0.25, 0.3) is 16.2 Å². The van der Waals surface area contributed by atoms with Gasteiger partial charge in [-0.1, -0.05) is 37.3 Å². The first kappa shape index (κ1) is 22.4. The number of nitrogens with two attached hydrogens (primary N) is 1. The van der Waals surface area contributed by atoms with Crippen LogP contribution in [-0.4, -0.2) is 42.8 Å². The van der Waals surface area contributed by atoms with Gasteiger partial charge in [0, 0.05) is 29.3 Å². The highest BCUT2D eigenvalue weighted by Gasteiger charge is 2.20. The highest BCUT2D eigenvalue weighted by atomic mass is 32.1. The van der Waals surface area contributed by atoms with E-state index in [-0.39, 0.29) is 5.91 Å². The molecule has 0 aliphatic heterocycles. The number of imidazole rings is 1. The highest BCUT2D eigenvalue weighted by Crippen LogP contribution is 2.29. The topological polar surface area (TPSA) is 123 Å². The Morgan fingerprint density at radius 2 is 1.97 bits per heavy atom. The maximum atomic E-state index is 13.1. The maximum Gasteiger partial charge on any atom is 0.276 e. The standard InChI is InChI=1S/C24H28N8OS/c1-14(2)23-29-30-24(34-23)15-4-3-5-18(12-15)28-22(33)19-13-26-21-11-10-20(31-32(19)21)27-17-8-6-16(25)7-9-17/h3-5,10-14,16-17H,6-9,25H2,1-2H3,(H,27,31)(H,28,33). The molecule has 0 atom stereocenters. The number of hydrogen-bond donors (Lipinski definition) is 3. The number of nitrogens with one attached hydrogen (secondary N) is 2. The van der Waals surface area contributed by atoms with E-state index < -0.39 is 0 Å². The Labute approximate surface area is 201 Å². The third-order valence-electron chi connectivity index (χ3n) is 6.02. The van der Waals surface area contributed by atoms with Crippen molar-refractivity contribution in [2.24, 2.45) is 5.73 Å². The second kappa shape index (κ2) is 9.47. The van der Waals surface area contributed by atoms with Crippen LogP contribution in [0.3, 0.4) is 0 Å². The number of carbonyl (C=O) groups excluding carboxylic acids is 1. The lowest BCUT2D eigenvalue weighted by Crippen LogP contribution is -2.33. The van der Waals surface area contributed by atoms with Crippen LogP contribution in [0.2, 0.25) is 0 Å². The zero-order valence-corrected chi connectivity index (χ0v) is 20.0. The third-order valence-corrected chi connectivity index (χ3v) is 7.29. The summed E-state index contributed by atoms with van der Waals surface area (Å²) in [7, 11) is 0. The largest absolute Gasteiger partial charge is 0.366 e. The molecule has 4 N–H and O–H groups in total. The first-order chi connectivity index (χ1) is 16.5. The molecule has 176 valence electrons. The number of amides is 1. The Hall–Kier alpha value is -3.37. The molecular weight excluding hydrogens is 448 g/mol. The number of nitrogens with zero attached hydrogens (tertiary/aromatic N) is 5. The van der Waals surface area contributed by atoms with Gasteiger partial charge in [0.2, 0.25) is 0 Å². The summed E-state index contributed by atoms with van der Waals surface area (Å²) >= 11 is 1.56. The maximum absolute atomic E-state index is 13.1. The van der Waals surface area contributed by atoms with E-state index in [9.17, 15) is 4.79 Å². The minimum absolute atomic E-state index is 0.280. The van der Waals surface area contributed by atoms with Crippen LogP contribution >= 0.6 is 11.3 Å². The Bertz CT molecular complexity index is 1310. The quantitative estimate of drug-likeness (QED) is 0.379. The Morgan fingerprint density at radius 3 is 2.74 bits per heavy atom. The highest BCUT2D eigenvalue weighted by molar-refractivity contribution is 7.14. The van der Waals surface area contributed by atoms with Crippen molar-refractivity contribution < 1.29 is 4.79 Å². The molecule has 3 aromatic heterocycles. The molecule has 0 radical (unpaired) electrons. The molecule has 0 unspecified atom stereocenters. The predicted molar refractivity (Wildman–Crippen MR) is 134 cm³/mol. The molecule has 0 bridgehead atoms. The molecule has 4 aromatic rings. The van der Waals surface area contributed by atoms with Gasteiger partial charge < -0.3 is 16.4 Å². The average molecular weight is 477 g/mol. The minimum atomic E-state index is -0.280. The van der Waals surface area contributed by atoms with E-state index in [0.29, 0.717) is 35.0 Å². The summed E-state index contributed by atoms with van der Waals surface area (Å²) in [5.74, 6) is 0.768. The number of hydrogen-bond acceptors (Lipinski definition) is 8. The van der Waals surface area contributed by atoms with Crippen LogP contribution in [0.1, 0.15) is 60.9 Å². The van der Waals surface area contributed by atoms with Gasteiger partial charge in [0.1, 0.15) is 15.8 Å². The lowest BCUT2D eigenvalue weighted by molar-refractivity contribution is 0.102. The fourth-order valence-corrected chi connectivity index (χ4v) is 4.93. The molecule has 0 saturated heterocycles.